The van der Waals surface area contributed by atoms with Crippen LogP contribution < -0.4 is 9.47 Å². The minimum Gasteiger partial charge on any atom is -0.483 e. The summed E-state index contributed by atoms with van der Waals surface area (Å²) in [7, 11) is 0. The first kappa shape index (κ1) is 14.7. The number of rotatable bonds is 5. The summed E-state index contributed by atoms with van der Waals surface area (Å²) in [4.78, 5) is 0. The van der Waals surface area contributed by atoms with E-state index < -0.39 is 5.79 Å². The van der Waals surface area contributed by atoms with E-state index in [2.05, 4.69) is 35.8 Å². The summed E-state index contributed by atoms with van der Waals surface area (Å²) in [6, 6.07) is 5.97. The third kappa shape index (κ3) is 3.63. The Morgan fingerprint density at radius 3 is 2.89 bits per heavy atom. The zero-order valence-corrected chi connectivity index (χ0v) is 13.1. The van der Waals surface area contributed by atoms with Gasteiger partial charge in [-0.3, -0.25) is 0 Å². The number of alkyl halides is 1. The second-order valence-corrected chi connectivity index (χ2v) is 5.86. The molecule has 1 aliphatic rings. The number of halogens is 1. The first-order valence-electron chi connectivity index (χ1n) is 6.79. The fourth-order valence-electron chi connectivity index (χ4n) is 2.01. The maximum absolute atomic E-state index is 10.1. The largest absolute Gasteiger partial charge is 0.483 e. The van der Waals surface area contributed by atoms with E-state index >= 15 is 0 Å². The summed E-state index contributed by atoms with van der Waals surface area (Å²) in [5.41, 5.74) is 1.22. The van der Waals surface area contributed by atoms with Crippen LogP contribution in [0.2, 0.25) is 0 Å². The molecular weight excluding hydrogens is 308 g/mol. The Hall–Kier alpha value is -0.740. The fourth-order valence-corrected chi connectivity index (χ4v) is 2.29. The lowest BCUT2D eigenvalue weighted by molar-refractivity contribution is -0.154. The van der Waals surface area contributed by atoms with Gasteiger partial charge in [-0.15, -0.1) is 0 Å². The summed E-state index contributed by atoms with van der Waals surface area (Å²) in [5.74, 6) is 0.808. The van der Waals surface area contributed by atoms with Gasteiger partial charge in [0.25, 0.3) is 5.79 Å². The normalized spacial score (nSPS) is 23.2. The highest BCUT2D eigenvalue weighted by Gasteiger charge is 2.34. The Morgan fingerprint density at radius 1 is 1.42 bits per heavy atom. The maximum atomic E-state index is 10.1. The van der Waals surface area contributed by atoms with Crippen LogP contribution in [0, 0.1) is 5.92 Å². The highest BCUT2D eigenvalue weighted by atomic mass is 79.9. The average Bonchev–Trinajstić information content (AvgIpc) is 2.44. The van der Waals surface area contributed by atoms with Gasteiger partial charge in [-0.1, -0.05) is 42.3 Å². The molecule has 0 aliphatic carbocycles. The van der Waals surface area contributed by atoms with Crippen LogP contribution in [0.1, 0.15) is 32.3 Å². The van der Waals surface area contributed by atoms with Gasteiger partial charge < -0.3 is 14.6 Å². The van der Waals surface area contributed by atoms with Gasteiger partial charge in [0.2, 0.25) is 0 Å². The molecule has 2 atom stereocenters. The van der Waals surface area contributed by atoms with Crippen molar-refractivity contribution in [2.45, 2.75) is 38.9 Å². The molecule has 4 heteroatoms. The number of aliphatic hydroxyl groups is 1. The topological polar surface area (TPSA) is 38.7 Å². The van der Waals surface area contributed by atoms with Crippen molar-refractivity contribution in [2.24, 2.45) is 5.92 Å². The molecule has 1 N–H and O–H groups in total. The number of hydrogen-bond donors (Lipinski definition) is 1. The van der Waals surface area contributed by atoms with Crippen LogP contribution in [0.5, 0.6) is 11.5 Å². The highest BCUT2D eigenvalue weighted by molar-refractivity contribution is 9.09. The summed E-state index contributed by atoms with van der Waals surface area (Å²) >= 11 is 3.24. The molecule has 3 nitrogen and oxygen atoms in total. The van der Waals surface area contributed by atoms with Crippen molar-refractivity contribution in [2.75, 3.05) is 11.9 Å². The molecule has 19 heavy (non-hydrogen) atoms. The lowest BCUT2D eigenvalue weighted by atomic mass is 9.99. The lowest BCUT2D eigenvalue weighted by Gasteiger charge is -2.32. The minimum atomic E-state index is -1.26. The monoisotopic (exact) mass is 328 g/mol. The quantitative estimate of drug-likeness (QED) is 0.840. The second kappa shape index (κ2) is 6.14. The van der Waals surface area contributed by atoms with E-state index in [0.29, 0.717) is 16.8 Å². The van der Waals surface area contributed by atoms with E-state index in [9.17, 15) is 5.11 Å². The van der Waals surface area contributed by atoms with Crippen LogP contribution >= 0.6 is 15.9 Å². The molecule has 0 bridgehead atoms. The first-order valence-corrected chi connectivity index (χ1v) is 7.91. The van der Waals surface area contributed by atoms with Gasteiger partial charge in [-0.05, 0) is 36.5 Å². The minimum absolute atomic E-state index is 0.150. The molecule has 1 aromatic carbocycles. The van der Waals surface area contributed by atoms with Gasteiger partial charge in [0.15, 0.2) is 18.1 Å². The molecule has 2 rings (SSSR count). The van der Waals surface area contributed by atoms with E-state index in [4.69, 9.17) is 9.47 Å². The zero-order valence-electron chi connectivity index (χ0n) is 11.5. The van der Waals surface area contributed by atoms with Gasteiger partial charge in [0.05, 0.1) is 5.33 Å². The Labute approximate surface area is 123 Å². The predicted octanol–water partition coefficient (Wildman–Crippen LogP) is 3.52. The van der Waals surface area contributed by atoms with E-state index in [-0.39, 0.29) is 6.61 Å². The van der Waals surface area contributed by atoms with Crippen molar-refractivity contribution >= 4 is 15.9 Å². The van der Waals surface area contributed by atoms with Crippen LogP contribution in [0.3, 0.4) is 0 Å². The number of hydrogen-bond acceptors (Lipinski definition) is 3. The van der Waals surface area contributed by atoms with Crippen LogP contribution in [0.15, 0.2) is 18.2 Å². The molecule has 0 radical (unpaired) electrons. The van der Waals surface area contributed by atoms with Gasteiger partial charge in [0.1, 0.15) is 0 Å². The van der Waals surface area contributed by atoms with Crippen molar-refractivity contribution in [1.82, 2.24) is 0 Å². The molecule has 0 fully saturated rings. The van der Waals surface area contributed by atoms with Crippen molar-refractivity contribution in [3.05, 3.63) is 23.8 Å². The summed E-state index contributed by atoms with van der Waals surface area (Å²) in [6.07, 6.45) is 3.39. The maximum Gasteiger partial charge on any atom is 0.252 e. The van der Waals surface area contributed by atoms with E-state index in [0.717, 1.165) is 12.3 Å². The van der Waals surface area contributed by atoms with E-state index in [1.807, 2.05) is 12.1 Å². The Bertz CT molecular complexity index is 435. The van der Waals surface area contributed by atoms with Crippen molar-refractivity contribution < 1.29 is 14.6 Å². The fraction of sp³-hybridized carbons (Fsp3) is 0.600. The van der Waals surface area contributed by atoms with Crippen LogP contribution in [-0.4, -0.2) is 22.8 Å². The molecule has 0 saturated heterocycles. The van der Waals surface area contributed by atoms with Gasteiger partial charge >= 0.3 is 0 Å². The van der Waals surface area contributed by atoms with E-state index in [1.54, 1.807) is 0 Å². The van der Waals surface area contributed by atoms with Gasteiger partial charge in [-0.25, -0.2) is 0 Å². The average molecular weight is 329 g/mol. The number of ether oxygens (including phenoxy) is 2. The molecule has 1 aromatic rings. The van der Waals surface area contributed by atoms with E-state index in [1.165, 1.54) is 18.4 Å². The molecule has 1 aliphatic heterocycles. The molecule has 106 valence electrons. The highest BCUT2D eigenvalue weighted by Crippen LogP contribution is 2.36. The molecule has 2 unspecified atom stereocenters. The Kier molecular flexibility index (Phi) is 4.74. The summed E-state index contributed by atoms with van der Waals surface area (Å²) in [6.45, 7) is 4.63. The van der Waals surface area contributed by atoms with Crippen LogP contribution in [-0.2, 0) is 6.42 Å². The number of benzene rings is 1. The molecular formula is C15H21BrO3. The molecule has 0 spiro atoms. The lowest BCUT2D eigenvalue weighted by Crippen LogP contribution is -2.46. The number of aryl methyl sites for hydroxylation is 1. The standard InChI is InChI=1S/C15H21BrO3/c1-3-11(2)4-5-12-6-7-13-14(8-12)19-15(17,9-16)10-18-13/h6-8,11,17H,3-5,9-10H2,1-2H3. The third-order valence-corrected chi connectivity index (χ3v) is 4.47. The molecule has 0 aromatic heterocycles. The van der Waals surface area contributed by atoms with Gasteiger partial charge in [-0.2, -0.15) is 0 Å². The first-order chi connectivity index (χ1) is 9.06. The summed E-state index contributed by atoms with van der Waals surface area (Å²) < 4.78 is 11.2. The summed E-state index contributed by atoms with van der Waals surface area (Å²) in [5, 5.41) is 10.4. The Morgan fingerprint density at radius 2 is 2.21 bits per heavy atom. The van der Waals surface area contributed by atoms with Crippen molar-refractivity contribution in [3.63, 3.8) is 0 Å². The van der Waals surface area contributed by atoms with Crippen molar-refractivity contribution in [3.8, 4) is 11.5 Å². The number of fused-ring (bicyclic) bond motifs is 1. The molecule has 0 amide bonds. The van der Waals surface area contributed by atoms with Crippen LogP contribution in [0.25, 0.3) is 0 Å². The Balaban J connectivity index is 2.08. The smallest absolute Gasteiger partial charge is 0.252 e. The van der Waals surface area contributed by atoms with Gasteiger partial charge in [0, 0.05) is 0 Å². The predicted molar refractivity (Wildman–Crippen MR) is 79.1 cm³/mol. The zero-order chi connectivity index (χ0) is 13.9. The SMILES string of the molecule is CCC(C)CCc1ccc2c(c1)OC(O)(CBr)CO2. The molecule has 0 saturated carbocycles. The third-order valence-electron chi connectivity index (χ3n) is 3.59. The van der Waals surface area contributed by atoms with Crippen molar-refractivity contribution in [1.29, 1.82) is 0 Å². The van der Waals surface area contributed by atoms with Crippen LogP contribution in [0.4, 0.5) is 0 Å². The molecule has 1 heterocycles. The second-order valence-electron chi connectivity index (χ2n) is 5.30.